The fraction of sp³-hybridized carbons (Fsp3) is 0.346. The molecule has 0 bridgehead atoms. The Morgan fingerprint density at radius 3 is 2.79 bits per heavy atom. The van der Waals surface area contributed by atoms with Gasteiger partial charge in [-0.3, -0.25) is 9.48 Å². The van der Waals surface area contributed by atoms with Gasteiger partial charge in [0.05, 0.1) is 24.4 Å². The van der Waals surface area contributed by atoms with E-state index >= 15 is 4.39 Å². The predicted molar refractivity (Wildman–Crippen MR) is 127 cm³/mol. The minimum atomic E-state index is -0.646. The molecule has 0 saturated heterocycles. The van der Waals surface area contributed by atoms with Crippen molar-refractivity contribution in [3.05, 3.63) is 70.8 Å². The van der Waals surface area contributed by atoms with Crippen molar-refractivity contribution in [1.29, 1.82) is 0 Å². The van der Waals surface area contributed by atoms with Crippen LogP contribution in [0.5, 0.6) is 0 Å². The van der Waals surface area contributed by atoms with Gasteiger partial charge in [0.25, 0.3) is 0 Å². The van der Waals surface area contributed by atoms with Crippen molar-refractivity contribution in [2.24, 2.45) is 5.92 Å². The molecule has 0 aliphatic heterocycles. The third-order valence-corrected chi connectivity index (χ3v) is 6.83. The van der Waals surface area contributed by atoms with E-state index in [1.807, 2.05) is 22.9 Å². The largest absolute Gasteiger partial charge is 0.462 e. The van der Waals surface area contributed by atoms with Crippen LogP contribution in [0, 0.1) is 11.7 Å². The highest BCUT2D eigenvalue weighted by Crippen LogP contribution is 2.48. The number of nitrogens with one attached hydrogen (secondary N) is 1. The summed E-state index contributed by atoms with van der Waals surface area (Å²) in [6, 6.07) is 10.5. The highest BCUT2D eigenvalue weighted by Gasteiger charge is 2.44. The quantitative estimate of drug-likeness (QED) is 0.421. The maximum Gasteiger partial charge on any atom is 0.338 e. The van der Waals surface area contributed by atoms with E-state index in [4.69, 9.17) is 16.3 Å². The topological polar surface area (TPSA) is 73.2 Å². The summed E-state index contributed by atoms with van der Waals surface area (Å²) in [7, 11) is 0. The van der Waals surface area contributed by atoms with Gasteiger partial charge in [0, 0.05) is 34.0 Å². The normalized spacial score (nSPS) is 19.4. The number of benzene rings is 2. The monoisotopic (exact) mass is 481 g/mol. The van der Waals surface area contributed by atoms with Crippen LogP contribution in [0.15, 0.2) is 48.8 Å². The molecule has 2 fully saturated rings. The number of amides is 1. The maximum atomic E-state index is 15.3. The van der Waals surface area contributed by atoms with E-state index in [-0.39, 0.29) is 41.2 Å². The van der Waals surface area contributed by atoms with E-state index in [0.29, 0.717) is 23.0 Å². The zero-order valence-electron chi connectivity index (χ0n) is 18.8. The number of ether oxygens (including phenoxy) is 1. The molecule has 34 heavy (non-hydrogen) atoms. The number of rotatable bonds is 7. The summed E-state index contributed by atoms with van der Waals surface area (Å²) in [5, 5.41) is 7.77. The first-order chi connectivity index (χ1) is 16.4. The highest BCUT2D eigenvalue weighted by molar-refractivity contribution is 6.30. The van der Waals surface area contributed by atoms with Crippen molar-refractivity contribution in [2.75, 3.05) is 11.9 Å². The lowest BCUT2D eigenvalue weighted by Crippen LogP contribution is -2.17. The first-order valence-electron chi connectivity index (χ1n) is 11.6. The second-order valence-electron chi connectivity index (χ2n) is 8.89. The highest BCUT2D eigenvalue weighted by atomic mass is 35.5. The standard InChI is InChI=1S/C26H25ClFN3O3/c1-2-34-26(33)22-10-18(30-25(32)21-12-20(21)15-5-3-6-17(27)9-15)11-23(28)24(22)16-13-29-31(14-16)19-7-4-8-19/h3,5-6,9-11,13-14,19-21H,2,4,7-8,12H2,1H3,(H,30,32). The lowest BCUT2D eigenvalue weighted by Gasteiger charge is -2.25. The Bertz CT molecular complexity index is 1250. The average molecular weight is 482 g/mol. The van der Waals surface area contributed by atoms with Crippen molar-refractivity contribution in [2.45, 2.75) is 44.6 Å². The minimum Gasteiger partial charge on any atom is -0.462 e. The van der Waals surface area contributed by atoms with Crippen molar-refractivity contribution < 1.29 is 18.7 Å². The molecule has 1 amide bonds. The van der Waals surface area contributed by atoms with E-state index in [1.165, 1.54) is 12.1 Å². The molecule has 1 heterocycles. The molecular weight excluding hydrogens is 457 g/mol. The smallest absolute Gasteiger partial charge is 0.338 e. The Morgan fingerprint density at radius 2 is 2.09 bits per heavy atom. The van der Waals surface area contributed by atoms with E-state index < -0.39 is 11.8 Å². The molecule has 2 saturated carbocycles. The predicted octanol–water partition coefficient (Wildman–Crippen LogP) is 5.99. The number of carbonyl (C=O) groups is 2. The summed E-state index contributed by atoms with van der Waals surface area (Å²) in [5.41, 5.74) is 1.92. The van der Waals surface area contributed by atoms with Gasteiger partial charge in [0.2, 0.25) is 5.91 Å². The van der Waals surface area contributed by atoms with Crippen molar-refractivity contribution in [3.8, 4) is 11.1 Å². The molecule has 3 aromatic rings. The Kier molecular flexibility index (Phi) is 6.13. The van der Waals surface area contributed by atoms with E-state index in [0.717, 1.165) is 24.8 Å². The first kappa shape index (κ1) is 22.6. The lowest BCUT2D eigenvalue weighted by molar-refractivity contribution is -0.117. The van der Waals surface area contributed by atoms with E-state index in [1.54, 1.807) is 25.4 Å². The number of halogens is 2. The third kappa shape index (κ3) is 4.44. The van der Waals surface area contributed by atoms with Crippen LogP contribution in [-0.4, -0.2) is 28.3 Å². The number of anilines is 1. The fourth-order valence-corrected chi connectivity index (χ4v) is 4.68. The SMILES string of the molecule is CCOC(=O)c1cc(NC(=O)C2CC2c2cccc(Cl)c2)cc(F)c1-c1cnn(C2CCC2)c1. The first-order valence-corrected chi connectivity index (χ1v) is 11.9. The Hall–Kier alpha value is -3.19. The van der Waals surface area contributed by atoms with E-state index in [2.05, 4.69) is 10.4 Å². The Labute approximate surface area is 202 Å². The molecule has 0 radical (unpaired) electrons. The summed E-state index contributed by atoms with van der Waals surface area (Å²) in [6.45, 7) is 1.85. The lowest BCUT2D eigenvalue weighted by atomic mass is 9.93. The second kappa shape index (κ2) is 9.22. The molecule has 8 heteroatoms. The molecule has 2 aromatic carbocycles. The van der Waals surface area contributed by atoms with Crippen molar-refractivity contribution in [3.63, 3.8) is 0 Å². The molecule has 0 spiro atoms. The zero-order chi connectivity index (χ0) is 23.8. The molecule has 2 aliphatic rings. The zero-order valence-corrected chi connectivity index (χ0v) is 19.5. The molecule has 1 N–H and O–H groups in total. The van der Waals surface area contributed by atoms with Crippen LogP contribution < -0.4 is 5.32 Å². The average Bonchev–Trinajstić information content (AvgIpc) is 3.44. The number of hydrogen-bond donors (Lipinski definition) is 1. The fourth-order valence-electron chi connectivity index (χ4n) is 4.49. The van der Waals surface area contributed by atoms with Crippen LogP contribution in [0.4, 0.5) is 10.1 Å². The van der Waals surface area contributed by atoms with Gasteiger partial charge in [-0.1, -0.05) is 23.7 Å². The summed E-state index contributed by atoms with van der Waals surface area (Å²) in [6.07, 6.45) is 7.25. The molecule has 176 valence electrons. The van der Waals surface area contributed by atoms with Gasteiger partial charge >= 0.3 is 5.97 Å². The number of nitrogens with zero attached hydrogens (tertiary/aromatic N) is 2. The van der Waals surface area contributed by atoms with Gasteiger partial charge in [0.1, 0.15) is 5.82 Å². The van der Waals surface area contributed by atoms with Gasteiger partial charge in [-0.05, 0) is 68.4 Å². The molecule has 5 rings (SSSR count). The van der Waals surface area contributed by atoms with Crippen LogP contribution in [0.2, 0.25) is 5.02 Å². The Balaban J connectivity index is 1.39. The van der Waals surface area contributed by atoms with Gasteiger partial charge in [-0.25, -0.2) is 9.18 Å². The molecule has 2 aliphatic carbocycles. The van der Waals surface area contributed by atoms with Crippen LogP contribution in [-0.2, 0) is 9.53 Å². The second-order valence-corrected chi connectivity index (χ2v) is 9.32. The number of carbonyl (C=O) groups excluding carboxylic acids is 2. The summed E-state index contributed by atoms with van der Waals surface area (Å²) in [4.78, 5) is 25.5. The Morgan fingerprint density at radius 1 is 1.26 bits per heavy atom. The summed E-state index contributed by atoms with van der Waals surface area (Å²) < 4.78 is 22.4. The van der Waals surface area contributed by atoms with Gasteiger partial charge in [-0.2, -0.15) is 5.10 Å². The minimum absolute atomic E-state index is 0.0625. The van der Waals surface area contributed by atoms with Gasteiger partial charge in [-0.15, -0.1) is 0 Å². The van der Waals surface area contributed by atoms with Crippen LogP contribution >= 0.6 is 11.6 Å². The summed E-state index contributed by atoms with van der Waals surface area (Å²) in [5.74, 6) is -1.63. The van der Waals surface area contributed by atoms with Gasteiger partial charge in [0.15, 0.2) is 0 Å². The third-order valence-electron chi connectivity index (χ3n) is 6.60. The molecule has 1 aromatic heterocycles. The number of aromatic nitrogens is 2. The molecule has 2 unspecified atom stereocenters. The van der Waals surface area contributed by atoms with E-state index in [9.17, 15) is 9.59 Å². The number of esters is 1. The van der Waals surface area contributed by atoms with Gasteiger partial charge < -0.3 is 10.1 Å². The number of hydrogen-bond acceptors (Lipinski definition) is 4. The van der Waals surface area contributed by atoms with Crippen molar-refractivity contribution in [1.82, 2.24) is 9.78 Å². The maximum absolute atomic E-state index is 15.3. The van der Waals surface area contributed by atoms with Crippen LogP contribution in [0.3, 0.4) is 0 Å². The molecule has 2 atom stereocenters. The molecular formula is C26H25ClFN3O3. The summed E-state index contributed by atoms with van der Waals surface area (Å²) >= 11 is 6.07. The van der Waals surface area contributed by atoms with Crippen LogP contribution in [0.1, 0.15) is 60.5 Å². The van der Waals surface area contributed by atoms with Crippen LogP contribution in [0.25, 0.3) is 11.1 Å². The van der Waals surface area contributed by atoms with Crippen molar-refractivity contribution >= 4 is 29.2 Å². The molecule has 6 nitrogen and oxygen atoms in total.